The first-order valence-electron chi connectivity index (χ1n) is 13.9. The van der Waals surface area contributed by atoms with Crippen LogP contribution in [-0.4, -0.2) is 61.8 Å². The first kappa shape index (κ1) is 24.8. The van der Waals surface area contributed by atoms with Gasteiger partial charge in [0.05, 0.1) is 44.6 Å². The lowest BCUT2D eigenvalue weighted by Crippen LogP contribution is -2.77. The van der Waals surface area contributed by atoms with E-state index in [1.165, 1.54) is 18.3 Å². The van der Waals surface area contributed by atoms with Crippen molar-refractivity contribution < 1.29 is 38.4 Å². The largest absolute Gasteiger partial charge is 0.468 e. The predicted octanol–water partition coefficient (Wildman–Crippen LogP) is 3.48. The molecule has 3 heterocycles. The lowest BCUT2D eigenvalue weighted by molar-refractivity contribution is -0.365. The standard InChI is InChI=1S/C30H36O8/c1-16-8-7-11-18(16)28(2)19-12-22(31)35-14-29(19)20-13-21(38-26(37-20)17-9-5-4-6-10-17)30(27(33)34-3)15-36-23(24(29)30)25(28)32/h4-6,9-10,19-21,23-26,32H,7-8,11-15H2,1-3H3/t19-,20-,21+,23+,24+,25-,26+,28-,29-,30-/m0/s1. The van der Waals surface area contributed by atoms with E-state index >= 15 is 0 Å². The summed E-state index contributed by atoms with van der Waals surface area (Å²) in [7, 11) is 1.39. The topological polar surface area (TPSA) is 101 Å². The van der Waals surface area contributed by atoms with E-state index in [1.54, 1.807) is 0 Å². The van der Waals surface area contributed by atoms with Crippen LogP contribution < -0.4 is 0 Å². The van der Waals surface area contributed by atoms with Gasteiger partial charge in [-0.2, -0.15) is 0 Å². The zero-order chi connectivity index (χ0) is 26.4. The molecule has 0 amide bonds. The molecule has 5 fully saturated rings. The maximum Gasteiger partial charge on any atom is 0.317 e. The van der Waals surface area contributed by atoms with Gasteiger partial charge >= 0.3 is 11.9 Å². The Bertz CT molecular complexity index is 1200. The molecule has 1 aromatic carbocycles. The third kappa shape index (κ3) is 2.90. The maximum absolute atomic E-state index is 13.8. The van der Waals surface area contributed by atoms with Crippen molar-refractivity contribution in [3.8, 4) is 0 Å². The Hall–Kier alpha value is -2.26. The Morgan fingerprint density at radius 3 is 2.58 bits per heavy atom. The van der Waals surface area contributed by atoms with Crippen LogP contribution in [0, 0.1) is 28.1 Å². The highest BCUT2D eigenvalue weighted by Gasteiger charge is 2.81. The van der Waals surface area contributed by atoms with E-state index in [9.17, 15) is 14.7 Å². The highest BCUT2D eigenvalue weighted by Crippen LogP contribution is 2.73. The molecule has 1 N–H and O–H groups in total. The van der Waals surface area contributed by atoms with E-state index in [0.29, 0.717) is 6.42 Å². The minimum absolute atomic E-state index is 0.0848. The number of aliphatic hydroxyl groups is 1. The van der Waals surface area contributed by atoms with Gasteiger partial charge in [0, 0.05) is 28.7 Å². The summed E-state index contributed by atoms with van der Waals surface area (Å²) in [6.45, 7) is 4.45. The van der Waals surface area contributed by atoms with E-state index < -0.39 is 52.7 Å². The molecule has 0 unspecified atom stereocenters. The molecule has 2 bridgehead atoms. The van der Waals surface area contributed by atoms with Crippen LogP contribution in [0.15, 0.2) is 41.5 Å². The number of esters is 2. The monoisotopic (exact) mass is 524 g/mol. The number of allylic oxidation sites excluding steroid dienone is 1. The zero-order valence-electron chi connectivity index (χ0n) is 22.2. The summed E-state index contributed by atoms with van der Waals surface area (Å²) in [6, 6.07) is 9.73. The quantitative estimate of drug-likeness (QED) is 0.474. The number of hydrogen-bond donors (Lipinski definition) is 1. The molecule has 1 aromatic rings. The van der Waals surface area contributed by atoms with Gasteiger partial charge in [-0.25, -0.2) is 0 Å². The molecule has 8 nitrogen and oxygen atoms in total. The minimum atomic E-state index is -1.14. The second-order valence-electron chi connectivity index (χ2n) is 12.4. The molecule has 10 atom stereocenters. The van der Waals surface area contributed by atoms with Crippen LogP contribution in [0.25, 0.3) is 0 Å². The molecule has 3 saturated heterocycles. The van der Waals surface area contributed by atoms with Gasteiger partial charge < -0.3 is 28.8 Å². The minimum Gasteiger partial charge on any atom is -0.468 e. The Kier molecular flexibility index (Phi) is 5.45. The van der Waals surface area contributed by atoms with Crippen LogP contribution in [0.2, 0.25) is 0 Å². The van der Waals surface area contributed by atoms with Gasteiger partial charge in [0.1, 0.15) is 12.0 Å². The number of carbonyl (C=O) groups excluding carboxylic acids is 2. The fourth-order valence-corrected chi connectivity index (χ4v) is 9.53. The molecule has 2 saturated carbocycles. The summed E-state index contributed by atoms with van der Waals surface area (Å²) in [5.74, 6) is -1.44. The molecular weight excluding hydrogens is 488 g/mol. The highest BCUT2D eigenvalue weighted by atomic mass is 16.7. The van der Waals surface area contributed by atoms with Crippen LogP contribution in [0.3, 0.4) is 0 Å². The molecule has 3 aliphatic heterocycles. The van der Waals surface area contributed by atoms with E-state index in [4.69, 9.17) is 23.7 Å². The van der Waals surface area contributed by atoms with Crippen molar-refractivity contribution >= 4 is 11.9 Å². The normalized spacial score (nSPS) is 47.3. The molecule has 6 aliphatic rings. The third-order valence-electron chi connectivity index (χ3n) is 11.1. The van der Waals surface area contributed by atoms with Crippen molar-refractivity contribution in [1.29, 1.82) is 0 Å². The molecule has 1 spiro atoms. The lowest BCUT2D eigenvalue weighted by Gasteiger charge is -2.69. The fraction of sp³-hybridized carbons (Fsp3) is 0.667. The Balaban J connectivity index is 1.46. The average molecular weight is 525 g/mol. The van der Waals surface area contributed by atoms with Crippen LogP contribution in [0.5, 0.6) is 0 Å². The van der Waals surface area contributed by atoms with Crippen LogP contribution in [0.4, 0.5) is 0 Å². The van der Waals surface area contributed by atoms with Crippen molar-refractivity contribution in [3.63, 3.8) is 0 Å². The van der Waals surface area contributed by atoms with Gasteiger partial charge in [-0.05, 0) is 32.1 Å². The zero-order valence-corrected chi connectivity index (χ0v) is 22.2. The second kappa shape index (κ2) is 8.37. The van der Waals surface area contributed by atoms with E-state index in [-0.39, 0.29) is 37.6 Å². The SMILES string of the molecule is COC(=O)[C@@]12CO[C@H]3[C@H](O)[C@@](C)(C4=C(C)CCC4)[C@@H]4CC(=O)OC[C@]4([C@@H]4C[C@H]1O[C@H](c1ccccc1)O4)[C@@H]32. The van der Waals surface area contributed by atoms with Gasteiger partial charge in [-0.3, -0.25) is 9.59 Å². The summed E-state index contributed by atoms with van der Waals surface area (Å²) < 4.78 is 31.1. The van der Waals surface area contributed by atoms with Gasteiger partial charge in [0.2, 0.25) is 0 Å². The number of rotatable bonds is 3. The first-order chi connectivity index (χ1) is 18.3. The van der Waals surface area contributed by atoms with Crippen molar-refractivity contribution in [2.45, 2.75) is 76.7 Å². The summed E-state index contributed by atoms with van der Waals surface area (Å²) in [6.07, 6.45) is 0.413. The van der Waals surface area contributed by atoms with Gasteiger partial charge in [0.25, 0.3) is 0 Å². The van der Waals surface area contributed by atoms with Crippen LogP contribution >= 0.6 is 0 Å². The Morgan fingerprint density at radius 2 is 1.87 bits per heavy atom. The number of methoxy groups -OCH3 is 1. The van der Waals surface area contributed by atoms with Gasteiger partial charge in [-0.1, -0.05) is 48.4 Å². The molecule has 0 radical (unpaired) electrons. The van der Waals surface area contributed by atoms with Crippen LogP contribution in [0.1, 0.15) is 57.8 Å². The van der Waals surface area contributed by atoms with Gasteiger partial charge in [-0.15, -0.1) is 0 Å². The fourth-order valence-electron chi connectivity index (χ4n) is 9.53. The third-order valence-corrected chi connectivity index (χ3v) is 11.1. The van der Waals surface area contributed by atoms with Gasteiger partial charge in [0.15, 0.2) is 6.29 Å². The summed E-state index contributed by atoms with van der Waals surface area (Å²) in [5.41, 5.74) is 0.751. The summed E-state index contributed by atoms with van der Waals surface area (Å²) >= 11 is 0. The second-order valence-corrected chi connectivity index (χ2v) is 12.4. The Labute approximate surface area is 222 Å². The van der Waals surface area contributed by atoms with Crippen LogP contribution in [-0.2, 0) is 33.3 Å². The van der Waals surface area contributed by atoms with E-state index in [1.807, 2.05) is 30.3 Å². The molecule has 38 heavy (non-hydrogen) atoms. The number of fused-ring (bicyclic) bond motifs is 3. The van der Waals surface area contributed by atoms with Crippen molar-refractivity contribution in [1.82, 2.24) is 0 Å². The first-order valence-corrected chi connectivity index (χ1v) is 13.9. The number of ether oxygens (including phenoxy) is 5. The van der Waals surface area contributed by atoms with Crippen molar-refractivity contribution in [2.24, 2.45) is 28.1 Å². The summed E-state index contributed by atoms with van der Waals surface area (Å²) in [5, 5.41) is 12.2. The lowest BCUT2D eigenvalue weighted by atomic mass is 9.38. The smallest absolute Gasteiger partial charge is 0.317 e. The average Bonchev–Trinajstić information content (AvgIpc) is 3.57. The molecule has 0 aromatic heterocycles. The van der Waals surface area contributed by atoms with E-state index in [0.717, 1.165) is 24.8 Å². The number of cyclic esters (lactones) is 1. The van der Waals surface area contributed by atoms with Crippen molar-refractivity contribution in [3.05, 3.63) is 47.0 Å². The number of benzene rings is 1. The molecule has 204 valence electrons. The number of carbonyl (C=O) groups is 2. The molecule has 8 heteroatoms. The van der Waals surface area contributed by atoms with E-state index in [2.05, 4.69) is 13.8 Å². The number of hydrogen-bond acceptors (Lipinski definition) is 8. The number of aliphatic hydroxyl groups excluding tert-OH is 1. The predicted molar refractivity (Wildman–Crippen MR) is 133 cm³/mol. The van der Waals surface area contributed by atoms with Crippen molar-refractivity contribution in [2.75, 3.05) is 20.3 Å². The highest BCUT2D eigenvalue weighted by molar-refractivity contribution is 5.80. The maximum atomic E-state index is 13.8. The molecule has 7 rings (SSSR count). The molecular formula is C30H36O8. The summed E-state index contributed by atoms with van der Waals surface area (Å²) in [4.78, 5) is 26.8. The Morgan fingerprint density at radius 1 is 1.11 bits per heavy atom. The molecule has 3 aliphatic carbocycles.